The van der Waals surface area contributed by atoms with Gasteiger partial charge in [-0.05, 0) is 31.1 Å². The topological polar surface area (TPSA) is 20.3 Å². The van der Waals surface area contributed by atoms with E-state index in [4.69, 9.17) is 11.6 Å². The summed E-state index contributed by atoms with van der Waals surface area (Å²) in [7, 11) is 0. The van der Waals surface area contributed by atoms with Gasteiger partial charge < -0.3 is 4.90 Å². The minimum Gasteiger partial charge on any atom is -0.343 e. The van der Waals surface area contributed by atoms with Crippen LogP contribution >= 0.6 is 11.6 Å². The van der Waals surface area contributed by atoms with Crippen LogP contribution in [0.5, 0.6) is 0 Å². The Balaban J connectivity index is 1.83. The molecule has 92 valence electrons. The maximum atomic E-state index is 11.7. The quantitative estimate of drug-likeness (QED) is 0.683. The number of amides is 1. The number of carbonyl (C=O) groups excluding carboxylic acids is 1. The van der Waals surface area contributed by atoms with E-state index in [1.807, 2.05) is 4.90 Å². The second kappa shape index (κ2) is 5.39. The molecule has 0 unspecified atom stereocenters. The Hall–Kier alpha value is -0.240. The van der Waals surface area contributed by atoms with Gasteiger partial charge in [0.25, 0.3) is 0 Å². The van der Waals surface area contributed by atoms with Crippen molar-refractivity contribution in [2.24, 2.45) is 5.41 Å². The SMILES string of the molecule is O=C(CCCl)N1CCC2(CCCCC2)CC1. The van der Waals surface area contributed by atoms with Crippen LogP contribution in [0.25, 0.3) is 0 Å². The molecule has 3 heteroatoms. The van der Waals surface area contributed by atoms with Crippen molar-refractivity contribution >= 4 is 17.5 Å². The van der Waals surface area contributed by atoms with E-state index >= 15 is 0 Å². The fourth-order valence-corrected chi connectivity index (χ4v) is 3.43. The third-order valence-electron chi connectivity index (χ3n) is 4.40. The fourth-order valence-electron chi connectivity index (χ4n) is 3.27. The summed E-state index contributed by atoms with van der Waals surface area (Å²) in [5.41, 5.74) is 0.593. The lowest BCUT2D eigenvalue weighted by Gasteiger charge is -2.44. The fraction of sp³-hybridized carbons (Fsp3) is 0.923. The van der Waals surface area contributed by atoms with Crippen molar-refractivity contribution in [2.45, 2.75) is 51.4 Å². The highest BCUT2D eigenvalue weighted by atomic mass is 35.5. The summed E-state index contributed by atoms with van der Waals surface area (Å²) >= 11 is 5.61. The van der Waals surface area contributed by atoms with Gasteiger partial charge in [-0.25, -0.2) is 0 Å². The van der Waals surface area contributed by atoms with Gasteiger partial charge in [-0.3, -0.25) is 4.79 Å². The number of likely N-dealkylation sites (tertiary alicyclic amines) is 1. The Bertz CT molecular complexity index is 238. The summed E-state index contributed by atoms with van der Waals surface area (Å²) in [6, 6.07) is 0. The lowest BCUT2D eigenvalue weighted by atomic mass is 9.68. The van der Waals surface area contributed by atoms with Gasteiger partial charge in [0.15, 0.2) is 0 Å². The van der Waals surface area contributed by atoms with Crippen molar-refractivity contribution in [3.05, 3.63) is 0 Å². The molecule has 1 saturated heterocycles. The van der Waals surface area contributed by atoms with Crippen LogP contribution in [0.4, 0.5) is 0 Å². The molecule has 0 aromatic carbocycles. The lowest BCUT2D eigenvalue weighted by molar-refractivity contribution is -0.133. The molecule has 2 rings (SSSR count). The first-order valence-electron chi connectivity index (χ1n) is 6.60. The molecule has 0 aromatic rings. The average Bonchev–Trinajstić information content (AvgIpc) is 2.31. The summed E-state index contributed by atoms with van der Waals surface area (Å²) in [5.74, 6) is 0.709. The van der Waals surface area contributed by atoms with Gasteiger partial charge in [0, 0.05) is 25.4 Å². The van der Waals surface area contributed by atoms with Crippen molar-refractivity contribution < 1.29 is 4.79 Å². The number of nitrogens with zero attached hydrogens (tertiary/aromatic N) is 1. The summed E-state index contributed by atoms with van der Waals surface area (Å²) < 4.78 is 0. The van der Waals surface area contributed by atoms with Crippen LogP contribution in [0, 0.1) is 5.41 Å². The zero-order valence-corrected chi connectivity index (χ0v) is 10.8. The number of carbonyl (C=O) groups is 1. The average molecular weight is 244 g/mol. The second-order valence-electron chi connectivity index (χ2n) is 5.38. The predicted octanol–water partition coefficient (Wildman–Crippen LogP) is 3.19. The van der Waals surface area contributed by atoms with E-state index < -0.39 is 0 Å². The summed E-state index contributed by atoms with van der Waals surface area (Å²) in [5, 5.41) is 0. The van der Waals surface area contributed by atoms with E-state index in [2.05, 4.69) is 0 Å². The van der Waals surface area contributed by atoms with Crippen LogP contribution in [-0.4, -0.2) is 29.8 Å². The number of hydrogen-bond acceptors (Lipinski definition) is 1. The van der Waals surface area contributed by atoms with Gasteiger partial charge in [0.1, 0.15) is 0 Å². The van der Waals surface area contributed by atoms with E-state index in [1.165, 1.54) is 44.9 Å². The highest BCUT2D eigenvalue weighted by molar-refractivity contribution is 6.18. The van der Waals surface area contributed by atoms with E-state index in [1.54, 1.807) is 0 Å². The lowest BCUT2D eigenvalue weighted by Crippen LogP contribution is -2.43. The Morgan fingerprint density at radius 2 is 1.69 bits per heavy atom. The molecule has 1 aliphatic heterocycles. The first kappa shape index (κ1) is 12.2. The third kappa shape index (κ3) is 2.71. The Labute approximate surface area is 103 Å². The van der Waals surface area contributed by atoms with Crippen LogP contribution in [0.1, 0.15) is 51.4 Å². The first-order valence-corrected chi connectivity index (χ1v) is 7.13. The van der Waals surface area contributed by atoms with Gasteiger partial charge in [0.2, 0.25) is 5.91 Å². The van der Waals surface area contributed by atoms with Gasteiger partial charge >= 0.3 is 0 Å². The molecule has 0 radical (unpaired) electrons. The largest absolute Gasteiger partial charge is 0.343 e. The minimum atomic E-state index is 0.251. The zero-order chi connectivity index (χ0) is 11.4. The predicted molar refractivity (Wildman–Crippen MR) is 66.7 cm³/mol. The monoisotopic (exact) mass is 243 g/mol. The molecular weight excluding hydrogens is 222 g/mol. The summed E-state index contributed by atoms with van der Waals surface area (Å²) in [6.45, 7) is 1.94. The summed E-state index contributed by atoms with van der Waals surface area (Å²) in [6.07, 6.45) is 9.95. The molecule has 0 aromatic heterocycles. The van der Waals surface area contributed by atoms with Gasteiger partial charge in [0.05, 0.1) is 0 Å². The number of alkyl halides is 1. The molecule has 1 aliphatic carbocycles. The number of hydrogen-bond donors (Lipinski definition) is 0. The molecule has 0 bridgehead atoms. The molecule has 16 heavy (non-hydrogen) atoms. The number of halogens is 1. The molecule has 1 saturated carbocycles. The van der Waals surface area contributed by atoms with E-state index in [9.17, 15) is 4.79 Å². The molecule has 2 aliphatic rings. The molecule has 0 atom stereocenters. The molecule has 1 amide bonds. The maximum absolute atomic E-state index is 11.7. The molecule has 2 nitrogen and oxygen atoms in total. The Morgan fingerprint density at radius 3 is 2.25 bits per heavy atom. The van der Waals surface area contributed by atoms with Gasteiger partial charge in [-0.1, -0.05) is 19.3 Å². The van der Waals surface area contributed by atoms with Crippen molar-refractivity contribution in [3.8, 4) is 0 Å². The Kier molecular flexibility index (Phi) is 4.12. The van der Waals surface area contributed by atoms with Crippen LogP contribution in [-0.2, 0) is 4.79 Å². The molecule has 2 fully saturated rings. The maximum Gasteiger partial charge on any atom is 0.223 e. The highest BCUT2D eigenvalue weighted by Gasteiger charge is 2.36. The first-order chi connectivity index (χ1) is 7.76. The third-order valence-corrected chi connectivity index (χ3v) is 4.59. The van der Waals surface area contributed by atoms with Crippen LogP contribution in [0.15, 0.2) is 0 Å². The minimum absolute atomic E-state index is 0.251. The molecule has 0 N–H and O–H groups in total. The number of piperidine rings is 1. The standard InChI is InChI=1S/C13H22ClNO/c14-9-4-12(16)15-10-7-13(8-11-15)5-2-1-3-6-13/h1-11H2. The number of rotatable bonds is 2. The van der Waals surface area contributed by atoms with Gasteiger partial charge in [-0.2, -0.15) is 0 Å². The van der Waals surface area contributed by atoms with Crippen molar-refractivity contribution in [1.82, 2.24) is 4.90 Å². The van der Waals surface area contributed by atoms with Crippen LogP contribution in [0.3, 0.4) is 0 Å². The van der Waals surface area contributed by atoms with Crippen molar-refractivity contribution in [2.75, 3.05) is 19.0 Å². The molecule has 1 spiro atoms. The van der Waals surface area contributed by atoms with Crippen LogP contribution in [0.2, 0.25) is 0 Å². The van der Waals surface area contributed by atoms with Crippen LogP contribution < -0.4 is 0 Å². The highest BCUT2D eigenvalue weighted by Crippen LogP contribution is 2.44. The van der Waals surface area contributed by atoms with E-state index in [0.717, 1.165) is 13.1 Å². The second-order valence-corrected chi connectivity index (χ2v) is 5.76. The molecular formula is C13H22ClNO. The van der Waals surface area contributed by atoms with Crippen molar-refractivity contribution in [3.63, 3.8) is 0 Å². The normalized spacial score (nSPS) is 24.7. The smallest absolute Gasteiger partial charge is 0.223 e. The van der Waals surface area contributed by atoms with E-state index in [0.29, 0.717) is 17.7 Å². The van der Waals surface area contributed by atoms with Crippen molar-refractivity contribution in [1.29, 1.82) is 0 Å². The zero-order valence-electron chi connectivity index (χ0n) is 10.0. The van der Waals surface area contributed by atoms with Gasteiger partial charge in [-0.15, -0.1) is 11.6 Å². The summed E-state index contributed by atoms with van der Waals surface area (Å²) in [4.78, 5) is 13.7. The Morgan fingerprint density at radius 1 is 1.06 bits per heavy atom. The van der Waals surface area contributed by atoms with E-state index in [-0.39, 0.29) is 5.91 Å². The molecule has 1 heterocycles.